The second-order valence-electron chi connectivity index (χ2n) is 4.32. The van der Waals surface area contributed by atoms with Gasteiger partial charge < -0.3 is 9.80 Å². The predicted molar refractivity (Wildman–Crippen MR) is 66.8 cm³/mol. The van der Waals surface area contributed by atoms with E-state index in [9.17, 15) is 9.59 Å². The van der Waals surface area contributed by atoms with Gasteiger partial charge >= 0.3 is 0 Å². The van der Waals surface area contributed by atoms with Crippen molar-refractivity contribution in [3.8, 4) is 0 Å². The molecule has 1 aromatic rings. The van der Waals surface area contributed by atoms with Crippen LogP contribution in [-0.2, 0) is 4.79 Å². The summed E-state index contributed by atoms with van der Waals surface area (Å²) >= 11 is 0. The zero-order valence-electron chi connectivity index (χ0n) is 10.7. The van der Waals surface area contributed by atoms with Gasteiger partial charge in [0, 0.05) is 26.7 Å². The fraction of sp³-hybridized carbons (Fsp3) is 0.385. The molecule has 0 aliphatic rings. The maximum atomic E-state index is 12.0. The normalized spacial score (nSPS) is 9.88. The molecule has 0 fully saturated rings. The Balaban J connectivity index is 2.73. The maximum Gasteiger partial charge on any atom is 0.254 e. The number of carbonyl (C=O) groups excluding carboxylic acids is 2. The van der Waals surface area contributed by atoms with Crippen LogP contribution in [0.15, 0.2) is 24.3 Å². The second-order valence-corrected chi connectivity index (χ2v) is 4.32. The topological polar surface area (TPSA) is 40.6 Å². The van der Waals surface area contributed by atoms with E-state index in [4.69, 9.17) is 0 Å². The molecule has 1 rings (SSSR count). The van der Waals surface area contributed by atoms with Crippen molar-refractivity contribution >= 4 is 11.8 Å². The van der Waals surface area contributed by atoms with Gasteiger partial charge in [0.05, 0.1) is 6.54 Å². The minimum atomic E-state index is -0.135. The highest BCUT2D eigenvalue weighted by Gasteiger charge is 2.15. The number of amides is 2. The van der Waals surface area contributed by atoms with Gasteiger partial charge in [-0.25, -0.2) is 0 Å². The lowest BCUT2D eigenvalue weighted by Crippen LogP contribution is -2.37. The van der Waals surface area contributed by atoms with Gasteiger partial charge in [-0.1, -0.05) is 17.7 Å². The minimum absolute atomic E-state index is 0.0893. The van der Waals surface area contributed by atoms with Crippen molar-refractivity contribution in [1.29, 1.82) is 0 Å². The molecule has 0 aromatic heterocycles. The van der Waals surface area contributed by atoms with Crippen LogP contribution in [0.2, 0.25) is 0 Å². The Kier molecular flexibility index (Phi) is 4.26. The Morgan fingerprint density at radius 3 is 2.35 bits per heavy atom. The van der Waals surface area contributed by atoms with E-state index in [0.29, 0.717) is 5.56 Å². The summed E-state index contributed by atoms with van der Waals surface area (Å²) in [6, 6.07) is 7.34. The largest absolute Gasteiger partial charge is 0.347 e. The first kappa shape index (κ1) is 13.2. The average molecular weight is 234 g/mol. The average Bonchev–Trinajstić information content (AvgIpc) is 2.27. The third-order valence-corrected chi connectivity index (χ3v) is 2.48. The van der Waals surface area contributed by atoms with Crippen LogP contribution in [0.3, 0.4) is 0 Å². The highest BCUT2D eigenvalue weighted by Crippen LogP contribution is 2.06. The number of hydrogen-bond donors (Lipinski definition) is 0. The number of likely N-dealkylation sites (N-methyl/N-ethyl adjacent to an activating group) is 2. The van der Waals surface area contributed by atoms with Crippen molar-refractivity contribution in [2.75, 3.05) is 27.7 Å². The van der Waals surface area contributed by atoms with Crippen molar-refractivity contribution in [2.24, 2.45) is 0 Å². The van der Waals surface area contributed by atoms with Gasteiger partial charge in [0.1, 0.15) is 0 Å². The van der Waals surface area contributed by atoms with Gasteiger partial charge in [-0.3, -0.25) is 9.59 Å². The summed E-state index contributed by atoms with van der Waals surface area (Å²) < 4.78 is 0. The van der Waals surface area contributed by atoms with E-state index >= 15 is 0 Å². The molecule has 92 valence electrons. The Bertz CT molecular complexity index is 427. The first-order valence-corrected chi connectivity index (χ1v) is 5.44. The van der Waals surface area contributed by atoms with E-state index < -0.39 is 0 Å². The Morgan fingerprint density at radius 1 is 1.18 bits per heavy atom. The fourth-order valence-electron chi connectivity index (χ4n) is 1.41. The molecule has 0 atom stereocenters. The van der Waals surface area contributed by atoms with Crippen LogP contribution < -0.4 is 0 Å². The van der Waals surface area contributed by atoms with Crippen LogP contribution in [-0.4, -0.2) is 49.3 Å². The Labute approximate surface area is 102 Å². The third-order valence-electron chi connectivity index (χ3n) is 2.48. The van der Waals surface area contributed by atoms with E-state index in [2.05, 4.69) is 0 Å². The number of aryl methyl sites for hydroxylation is 1. The molecule has 0 spiro atoms. The van der Waals surface area contributed by atoms with Crippen LogP contribution in [0.4, 0.5) is 0 Å². The molecular weight excluding hydrogens is 216 g/mol. The molecule has 0 saturated carbocycles. The molecule has 0 radical (unpaired) electrons. The lowest BCUT2D eigenvalue weighted by Gasteiger charge is -2.19. The predicted octanol–water partition coefficient (Wildman–Crippen LogP) is 1.16. The second kappa shape index (κ2) is 5.48. The maximum absolute atomic E-state index is 12.0. The van der Waals surface area contributed by atoms with Crippen LogP contribution >= 0.6 is 0 Å². The Hall–Kier alpha value is -1.84. The van der Waals surface area contributed by atoms with Crippen LogP contribution in [0.25, 0.3) is 0 Å². The van der Waals surface area contributed by atoms with Crippen molar-refractivity contribution in [3.05, 3.63) is 35.4 Å². The van der Waals surface area contributed by atoms with E-state index in [1.165, 1.54) is 9.80 Å². The van der Waals surface area contributed by atoms with E-state index in [1.807, 2.05) is 25.1 Å². The van der Waals surface area contributed by atoms with Gasteiger partial charge in [0.15, 0.2) is 0 Å². The van der Waals surface area contributed by atoms with E-state index in [1.54, 1.807) is 27.2 Å². The molecule has 1 aromatic carbocycles. The van der Waals surface area contributed by atoms with Crippen molar-refractivity contribution in [3.63, 3.8) is 0 Å². The van der Waals surface area contributed by atoms with Crippen molar-refractivity contribution in [1.82, 2.24) is 9.80 Å². The molecule has 0 unspecified atom stereocenters. The fourth-order valence-corrected chi connectivity index (χ4v) is 1.41. The van der Waals surface area contributed by atoms with Gasteiger partial charge in [0.2, 0.25) is 5.91 Å². The molecule has 4 nitrogen and oxygen atoms in total. The highest BCUT2D eigenvalue weighted by atomic mass is 16.2. The molecule has 0 heterocycles. The zero-order valence-corrected chi connectivity index (χ0v) is 10.7. The monoisotopic (exact) mass is 234 g/mol. The molecule has 0 bridgehead atoms. The molecule has 0 aliphatic carbocycles. The summed E-state index contributed by atoms with van der Waals surface area (Å²) in [7, 11) is 4.98. The number of rotatable bonds is 3. The lowest BCUT2D eigenvalue weighted by molar-refractivity contribution is -0.129. The summed E-state index contributed by atoms with van der Waals surface area (Å²) in [6.45, 7) is 2.03. The molecule has 17 heavy (non-hydrogen) atoms. The van der Waals surface area contributed by atoms with Gasteiger partial charge in [-0.2, -0.15) is 0 Å². The van der Waals surface area contributed by atoms with E-state index in [-0.39, 0.29) is 18.4 Å². The van der Waals surface area contributed by atoms with Crippen LogP contribution in [0.5, 0.6) is 0 Å². The smallest absolute Gasteiger partial charge is 0.254 e. The number of benzene rings is 1. The first-order chi connectivity index (χ1) is 7.91. The minimum Gasteiger partial charge on any atom is -0.347 e. The van der Waals surface area contributed by atoms with E-state index in [0.717, 1.165) is 5.56 Å². The molecule has 4 heteroatoms. The third kappa shape index (κ3) is 3.59. The quantitative estimate of drug-likeness (QED) is 0.787. The number of carbonyl (C=O) groups is 2. The number of nitrogens with zero attached hydrogens (tertiary/aromatic N) is 2. The molecule has 2 amide bonds. The summed E-state index contributed by atoms with van der Waals surface area (Å²) in [6.07, 6.45) is 0. The molecule has 0 N–H and O–H groups in total. The van der Waals surface area contributed by atoms with Gasteiger partial charge in [-0.15, -0.1) is 0 Å². The van der Waals surface area contributed by atoms with Crippen LogP contribution in [0.1, 0.15) is 15.9 Å². The van der Waals surface area contributed by atoms with Crippen molar-refractivity contribution < 1.29 is 9.59 Å². The number of hydrogen-bond acceptors (Lipinski definition) is 2. The summed E-state index contributed by atoms with van der Waals surface area (Å²) in [5, 5.41) is 0. The van der Waals surface area contributed by atoms with Crippen LogP contribution in [0, 0.1) is 6.92 Å². The molecule has 0 aliphatic heterocycles. The standard InChI is InChI=1S/C13H18N2O2/c1-10-6-5-7-11(8-10)13(17)15(4)9-12(16)14(2)3/h5-8H,9H2,1-4H3. The van der Waals surface area contributed by atoms with Gasteiger partial charge in [0.25, 0.3) is 5.91 Å². The highest BCUT2D eigenvalue weighted by molar-refractivity contribution is 5.96. The van der Waals surface area contributed by atoms with Crippen molar-refractivity contribution in [2.45, 2.75) is 6.92 Å². The summed E-state index contributed by atoms with van der Waals surface area (Å²) in [5.74, 6) is -0.225. The molecular formula is C13H18N2O2. The molecule has 0 saturated heterocycles. The summed E-state index contributed by atoms with van der Waals surface area (Å²) in [4.78, 5) is 26.4. The zero-order chi connectivity index (χ0) is 13.0. The lowest BCUT2D eigenvalue weighted by atomic mass is 10.1. The Morgan fingerprint density at radius 2 is 1.82 bits per heavy atom. The first-order valence-electron chi connectivity index (χ1n) is 5.44. The SMILES string of the molecule is Cc1cccc(C(=O)N(C)CC(=O)N(C)C)c1. The van der Waals surface area contributed by atoms with Gasteiger partial charge in [-0.05, 0) is 19.1 Å². The summed E-state index contributed by atoms with van der Waals surface area (Å²) in [5.41, 5.74) is 1.64.